The Hall–Kier alpha value is -1.79. The first-order chi connectivity index (χ1) is 18.6. The number of carbonyl (C=O) groups is 1. The minimum absolute atomic E-state index is 0.00412. The van der Waals surface area contributed by atoms with Gasteiger partial charge in [0.1, 0.15) is 28.9 Å². The summed E-state index contributed by atoms with van der Waals surface area (Å²) in [6.45, 7) is 15.1. The minimum atomic E-state index is -0.385. The van der Waals surface area contributed by atoms with E-state index < -0.39 is 0 Å². The fourth-order valence-corrected chi connectivity index (χ4v) is 5.95. The molecule has 0 unspecified atom stereocenters. The van der Waals surface area contributed by atoms with Crippen molar-refractivity contribution < 1.29 is 19.0 Å². The van der Waals surface area contributed by atoms with E-state index in [1.807, 2.05) is 6.07 Å². The summed E-state index contributed by atoms with van der Waals surface area (Å²) in [6.07, 6.45) is 7.95. The van der Waals surface area contributed by atoms with Crippen molar-refractivity contribution in [2.45, 2.75) is 108 Å². The zero-order valence-electron chi connectivity index (χ0n) is 25.7. The number of halogens is 2. The molecule has 1 aliphatic rings. The Balaban J connectivity index is 1.95. The molecule has 6 heteroatoms. The summed E-state index contributed by atoms with van der Waals surface area (Å²) >= 11 is 7.49. The number of methoxy groups -OCH3 is 2. The van der Waals surface area contributed by atoms with Gasteiger partial charge >= 0.3 is 0 Å². The van der Waals surface area contributed by atoms with Gasteiger partial charge in [-0.1, -0.05) is 83.3 Å². The van der Waals surface area contributed by atoms with Gasteiger partial charge in [0.2, 0.25) is 0 Å². The summed E-state index contributed by atoms with van der Waals surface area (Å²) in [4.78, 5) is 13.7. The average molecular weight is 679 g/mol. The molecule has 0 bridgehead atoms. The molecule has 4 nitrogen and oxygen atoms in total. The van der Waals surface area contributed by atoms with Crippen molar-refractivity contribution in [3.8, 4) is 17.2 Å². The smallest absolute Gasteiger partial charge is 0.174 e. The molecule has 0 radical (unpaired) electrons. The molecule has 0 aromatic heterocycles. The van der Waals surface area contributed by atoms with Crippen LogP contribution in [0.3, 0.4) is 0 Å². The summed E-state index contributed by atoms with van der Waals surface area (Å²) in [5.41, 5.74) is 7.25. The lowest BCUT2D eigenvalue weighted by molar-refractivity contribution is 0.0843. The van der Waals surface area contributed by atoms with Crippen molar-refractivity contribution in [2.24, 2.45) is 0 Å². The number of hydrogen-bond acceptors (Lipinski definition) is 4. The van der Waals surface area contributed by atoms with Crippen LogP contribution < -0.4 is 14.2 Å². The molecular formula is C34H46Br2O4. The molecule has 0 fully saturated rings. The summed E-state index contributed by atoms with van der Waals surface area (Å²) in [6, 6.07) is 6.18. The van der Waals surface area contributed by atoms with E-state index >= 15 is 0 Å². The molecule has 1 atom stereocenters. The van der Waals surface area contributed by atoms with E-state index in [0.717, 1.165) is 72.1 Å². The molecule has 2 aromatic carbocycles. The predicted octanol–water partition coefficient (Wildman–Crippen LogP) is 9.97. The summed E-state index contributed by atoms with van der Waals surface area (Å²) < 4.78 is 18.5. The normalized spacial score (nSPS) is 16.0. The van der Waals surface area contributed by atoms with Crippen LogP contribution in [0.25, 0.3) is 0 Å². The largest absolute Gasteiger partial charge is 0.496 e. The van der Waals surface area contributed by atoms with Gasteiger partial charge in [-0.15, -0.1) is 0 Å². The maximum Gasteiger partial charge on any atom is 0.174 e. The molecule has 0 aliphatic carbocycles. The highest BCUT2D eigenvalue weighted by molar-refractivity contribution is 9.10. The van der Waals surface area contributed by atoms with Gasteiger partial charge in [0, 0.05) is 14.2 Å². The first-order valence-electron chi connectivity index (χ1n) is 14.2. The number of benzene rings is 2. The van der Waals surface area contributed by atoms with E-state index in [2.05, 4.69) is 98.5 Å². The second-order valence-corrected chi connectivity index (χ2v) is 16.6. The molecule has 1 aliphatic heterocycles. The number of aryl methyl sites for hydroxylation is 2. The SMILES string of the molecule is COc1c(C)ccc([C@@H]2CC(=O)c3c(cc(C)c(CCC(C)(C)Br)c3OC)O2)c1C/C=C(\C)CCCC(C)(C)Br. The zero-order valence-corrected chi connectivity index (χ0v) is 28.9. The molecule has 0 saturated carbocycles. The molecular weight excluding hydrogens is 632 g/mol. The lowest BCUT2D eigenvalue weighted by Gasteiger charge is -2.30. The van der Waals surface area contributed by atoms with Crippen LogP contribution in [0.2, 0.25) is 0 Å². The third kappa shape index (κ3) is 8.38. The molecule has 3 rings (SSSR count). The van der Waals surface area contributed by atoms with Crippen molar-refractivity contribution in [3.05, 3.63) is 63.2 Å². The fraction of sp³-hybridized carbons (Fsp3) is 0.559. The van der Waals surface area contributed by atoms with E-state index in [0.29, 0.717) is 17.1 Å². The van der Waals surface area contributed by atoms with Crippen LogP contribution in [0.1, 0.15) is 111 Å². The molecule has 40 heavy (non-hydrogen) atoms. The van der Waals surface area contributed by atoms with E-state index in [4.69, 9.17) is 14.2 Å². The average Bonchev–Trinajstić information content (AvgIpc) is 2.84. The van der Waals surface area contributed by atoms with Crippen LogP contribution >= 0.6 is 31.9 Å². The Morgan fingerprint density at radius 2 is 1.65 bits per heavy atom. The second kappa shape index (κ2) is 13.5. The van der Waals surface area contributed by atoms with E-state index in [1.54, 1.807) is 14.2 Å². The first-order valence-corrected chi connectivity index (χ1v) is 15.8. The second-order valence-electron chi connectivity index (χ2n) is 12.3. The summed E-state index contributed by atoms with van der Waals surface area (Å²) in [5.74, 6) is 2.18. The lowest BCUT2D eigenvalue weighted by atomic mass is 9.87. The Morgan fingerprint density at radius 1 is 1.00 bits per heavy atom. The van der Waals surface area contributed by atoms with Crippen LogP contribution in [0.5, 0.6) is 17.2 Å². The van der Waals surface area contributed by atoms with Gasteiger partial charge in [-0.25, -0.2) is 0 Å². The summed E-state index contributed by atoms with van der Waals surface area (Å²) in [7, 11) is 3.37. The lowest BCUT2D eigenvalue weighted by Crippen LogP contribution is -2.23. The van der Waals surface area contributed by atoms with Crippen LogP contribution in [0, 0.1) is 13.8 Å². The monoisotopic (exact) mass is 676 g/mol. The number of fused-ring (bicyclic) bond motifs is 1. The van der Waals surface area contributed by atoms with Crippen LogP contribution in [-0.4, -0.2) is 28.7 Å². The quantitative estimate of drug-likeness (QED) is 0.166. The Kier molecular flexibility index (Phi) is 11.0. The number of Topliss-reactive ketones (excluding diaryl/α,β-unsaturated/α-hetero) is 1. The number of rotatable bonds is 12. The van der Waals surface area contributed by atoms with Crippen LogP contribution in [0.4, 0.5) is 0 Å². The van der Waals surface area contributed by atoms with Crippen LogP contribution in [-0.2, 0) is 12.8 Å². The molecule has 220 valence electrons. The molecule has 1 heterocycles. The van der Waals surface area contributed by atoms with Crippen molar-refractivity contribution in [2.75, 3.05) is 14.2 Å². The van der Waals surface area contributed by atoms with E-state index in [-0.39, 0.29) is 27.0 Å². The van der Waals surface area contributed by atoms with Crippen molar-refractivity contribution in [3.63, 3.8) is 0 Å². The molecule has 0 N–H and O–H groups in total. The highest BCUT2D eigenvalue weighted by Crippen LogP contribution is 2.45. The summed E-state index contributed by atoms with van der Waals surface area (Å²) in [5, 5.41) is 0. The maximum absolute atomic E-state index is 13.7. The number of allylic oxidation sites excluding steroid dienone is 2. The van der Waals surface area contributed by atoms with Gasteiger partial charge < -0.3 is 14.2 Å². The van der Waals surface area contributed by atoms with Crippen molar-refractivity contribution in [1.82, 2.24) is 0 Å². The number of hydrogen-bond donors (Lipinski definition) is 0. The molecule has 0 amide bonds. The number of ketones is 1. The van der Waals surface area contributed by atoms with Gasteiger partial charge in [0.05, 0.1) is 20.6 Å². The van der Waals surface area contributed by atoms with Gasteiger partial charge in [0.15, 0.2) is 5.78 Å². The zero-order chi connectivity index (χ0) is 29.8. The van der Waals surface area contributed by atoms with Gasteiger partial charge in [-0.2, -0.15) is 0 Å². The Labute approximate surface area is 258 Å². The number of carbonyl (C=O) groups excluding carboxylic acids is 1. The van der Waals surface area contributed by atoms with Gasteiger partial charge in [-0.05, 0) is 87.6 Å². The number of alkyl halides is 2. The van der Waals surface area contributed by atoms with Gasteiger partial charge in [0.25, 0.3) is 0 Å². The molecule has 0 saturated heterocycles. The van der Waals surface area contributed by atoms with E-state index in [1.165, 1.54) is 5.57 Å². The highest BCUT2D eigenvalue weighted by Gasteiger charge is 2.34. The topological polar surface area (TPSA) is 44.8 Å². The van der Waals surface area contributed by atoms with Crippen molar-refractivity contribution in [1.29, 1.82) is 0 Å². The minimum Gasteiger partial charge on any atom is -0.496 e. The predicted molar refractivity (Wildman–Crippen MR) is 173 cm³/mol. The molecule has 2 aromatic rings. The Morgan fingerprint density at radius 3 is 2.25 bits per heavy atom. The van der Waals surface area contributed by atoms with Crippen molar-refractivity contribution >= 4 is 37.6 Å². The van der Waals surface area contributed by atoms with Gasteiger partial charge in [-0.3, -0.25) is 4.79 Å². The molecule has 0 spiro atoms. The van der Waals surface area contributed by atoms with E-state index in [9.17, 15) is 4.79 Å². The fourth-order valence-electron chi connectivity index (χ4n) is 5.47. The first kappa shape index (κ1) is 32.7. The third-order valence-corrected chi connectivity index (χ3v) is 8.50. The maximum atomic E-state index is 13.7. The van der Waals surface area contributed by atoms with Crippen LogP contribution in [0.15, 0.2) is 29.8 Å². The standard InChI is InChI=1S/C34H46Br2O4/c1-21(11-10-17-33(4,5)35)12-14-26-25(15-13-22(2)31(26)38-8)28-20-27(37)30-29(40-28)19-23(3)24(32(30)39-9)16-18-34(6,7)36/h12-13,15,19,28H,10-11,14,16-18,20H2,1-9H3/b21-12+/t28-/m0/s1. The number of ether oxygens (including phenoxy) is 3. The third-order valence-electron chi connectivity index (χ3n) is 7.71. The Bertz CT molecular complexity index is 1250. The highest BCUT2D eigenvalue weighted by atomic mass is 79.9.